The minimum atomic E-state index is -3.03. The van der Waals surface area contributed by atoms with E-state index in [0.717, 1.165) is 7.11 Å². The molecule has 17 heavy (non-hydrogen) atoms. The lowest BCUT2D eigenvalue weighted by molar-refractivity contribution is -0.150. The van der Waals surface area contributed by atoms with Crippen molar-refractivity contribution >= 4 is 5.97 Å². The number of carbonyl (C=O) groups excluding carboxylic acids is 1. The number of alkyl halides is 2. The summed E-state index contributed by atoms with van der Waals surface area (Å²) in [6.45, 7) is 4.98. The number of halogens is 2. The van der Waals surface area contributed by atoms with Gasteiger partial charge in [-0.05, 0) is 5.56 Å². The second-order valence-electron chi connectivity index (χ2n) is 3.51. The molecule has 0 aliphatic carbocycles. The monoisotopic (exact) mass is 240 g/mol. The summed E-state index contributed by atoms with van der Waals surface area (Å²) in [4.78, 5) is 14.5. The first kappa shape index (κ1) is 13.1. The van der Waals surface area contributed by atoms with E-state index in [-0.39, 0.29) is 6.42 Å². The van der Waals surface area contributed by atoms with Crippen LogP contribution >= 0.6 is 0 Å². The van der Waals surface area contributed by atoms with Gasteiger partial charge >= 0.3 is 17.9 Å². The van der Waals surface area contributed by atoms with Crippen molar-refractivity contribution in [3.05, 3.63) is 40.7 Å². The number of nitrogens with zero attached hydrogens (tertiary/aromatic N) is 1. The van der Waals surface area contributed by atoms with Crippen molar-refractivity contribution in [3.8, 4) is 6.57 Å². The molecule has 1 aromatic carbocycles. The average Bonchev–Trinajstić information content (AvgIpc) is 2.36. The van der Waals surface area contributed by atoms with E-state index in [1.54, 1.807) is 30.3 Å². The van der Waals surface area contributed by atoms with Gasteiger partial charge in [-0.1, -0.05) is 35.2 Å². The largest absolute Gasteiger partial charge is 0.463 e. The summed E-state index contributed by atoms with van der Waals surface area (Å²) in [6.07, 6.45) is -3.32. The molecule has 0 heterocycles. The Morgan fingerprint density at radius 2 is 2.06 bits per heavy atom. The third kappa shape index (κ3) is 2.59. The van der Waals surface area contributed by atoms with Crippen LogP contribution in [0.4, 0.5) is 8.78 Å². The summed E-state index contributed by atoms with van der Waals surface area (Å²) in [5, 5.41) is 0. The molecule has 3 nitrogen and oxygen atoms in total. The second kappa shape index (κ2) is 5.39. The van der Waals surface area contributed by atoms with E-state index in [0.29, 0.717) is 5.56 Å². The Hall–Kier alpha value is -1.96. The molecule has 1 unspecified atom stereocenters. The van der Waals surface area contributed by atoms with Gasteiger partial charge in [0.2, 0.25) is 0 Å². The first-order valence-corrected chi connectivity index (χ1v) is 4.89. The van der Waals surface area contributed by atoms with Crippen LogP contribution in [0.5, 0.6) is 0 Å². The number of esters is 1. The first-order chi connectivity index (χ1) is 8.06. The van der Waals surface area contributed by atoms with Crippen molar-refractivity contribution < 1.29 is 18.3 Å². The minimum Gasteiger partial charge on any atom is -0.463 e. The summed E-state index contributed by atoms with van der Waals surface area (Å²) >= 11 is 0. The summed E-state index contributed by atoms with van der Waals surface area (Å²) in [5.41, 5.74) is -1.80. The van der Waals surface area contributed by atoms with Gasteiger partial charge in [-0.3, -0.25) is 0 Å². The fourth-order valence-electron chi connectivity index (χ4n) is 1.48. The van der Waals surface area contributed by atoms with Gasteiger partial charge in [0.1, 0.15) is 0 Å². The molecule has 90 valence electrons. The second-order valence-corrected chi connectivity index (χ2v) is 3.51. The highest BCUT2D eigenvalue weighted by Crippen LogP contribution is 2.27. The maximum Gasteiger partial charge on any atom is 0.437 e. The van der Waals surface area contributed by atoms with Crippen LogP contribution in [0.1, 0.15) is 5.56 Å². The van der Waals surface area contributed by atoms with Crippen LogP contribution < -0.4 is 0 Å². The van der Waals surface area contributed by atoms with Gasteiger partial charge < -0.3 is 4.74 Å². The standard InChI is InChI=1S/C12H12F2NO2/c1-15-12(10(13)14,11(16)17-2)8-9-6-4-3-5-7-9/h1,3-7,10H,8H2,2H3/q+1. The molecule has 1 atom stereocenters. The quantitative estimate of drug-likeness (QED) is 0.756. The van der Waals surface area contributed by atoms with E-state index < -0.39 is 17.9 Å². The number of ether oxygens (including phenoxy) is 1. The molecular weight excluding hydrogens is 228 g/mol. The Balaban J connectivity index is 3.09. The maximum atomic E-state index is 13.0. The fraction of sp³-hybridized carbons (Fsp3) is 0.333. The molecule has 1 rings (SSSR count). The molecular formula is C12H12F2NO2+. The smallest absolute Gasteiger partial charge is 0.437 e. The lowest BCUT2D eigenvalue weighted by atomic mass is 9.92. The minimum absolute atomic E-state index is 0.297. The highest BCUT2D eigenvalue weighted by molar-refractivity contribution is 5.84. The van der Waals surface area contributed by atoms with Gasteiger partial charge in [0.25, 0.3) is 6.57 Å². The van der Waals surface area contributed by atoms with Crippen molar-refractivity contribution in [2.45, 2.75) is 18.4 Å². The highest BCUT2D eigenvalue weighted by Gasteiger charge is 2.59. The average molecular weight is 240 g/mol. The first-order valence-electron chi connectivity index (χ1n) is 4.89. The molecule has 0 saturated carbocycles. The van der Waals surface area contributed by atoms with Crippen molar-refractivity contribution in [1.82, 2.24) is 0 Å². The van der Waals surface area contributed by atoms with Crippen molar-refractivity contribution in [2.75, 3.05) is 7.11 Å². The molecule has 0 radical (unpaired) electrons. The van der Waals surface area contributed by atoms with E-state index in [9.17, 15) is 13.6 Å². The molecule has 1 aromatic rings. The summed E-state index contributed by atoms with van der Waals surface area (Å²) in [7, 11) is 1.02. The number of methoxy groups -OCH3 is 1. The molecule has 0 bridgehead atoms. The molecule has 0 N–H and O–H groups in total. The molecule has 0 spiro atoms. The summed E-state index contributed by atoms with van der Waals surface area (Å²) < 4.78 is 30.4. The highest BCUT2D eigenvalue weighted by atomic mass is 19.3. The lowest BCUT2D eigenvalue weighted by Gasteiger charge is -2.14. The van der Waals surface area contributed by atoms with E-state index in [4.69, 9.17) is 6.57 Å². The van der Waals surface area contributed by atoms with E-state index in [2.05, 4.69) is 9.58 Å². The van der Waals surface area contributed by atoms with Crippen molar-refractivity contribution in [2.24, 2.45) is 0 Å². The topological polar surface area (TPSA) is 30.7 Å². The Kier molecular flexibility index (Phi) is 4.16. The Morgan fingerprint density at radius 3 is 2.47 bits per heavy atom. The summed E-state index contributed by atoms with van der Waals surface area (Å²) in [6, 6.07) is 8.33. The lowest BCUT2D eigenvalue weighted by Crippen LogP contribution is -2.45. The Bertz CT molecular complexity index is 428. The molecule has 0 fully saturated rings. The van der Waals surface area contributed by atoms with Gasteiger partial charge in [0, 0.05) is 0 Å². The molecule has 0 aromatic heterocycles. The van der Waals surface area contributed by atoms with Gasteiger partial charge in [-0.25, -0.2) is 13.6 Å². The summed E-state index contributed by atoms with van der Waals surface area (Å²) in [5.74, 6) is -1.14. The van der Waals surface area contributed by atoms with Crippen LogP contribution in [0, 0.1) is 6.57 Å². The zero-order valence-electron chi connectivity index (χ0n) is 9.27. The number of hydrogen-bond donors (Lipinski definition) is 0. The zero-order valence-corrected chi connectivity index (χ0v) is 9.27. The predicted molar refractivity (Wildman–Crippen MR) is 59.2 cm³/mol. The van der Waals surface area contributed by atoms with Crippen LogP contribution in [0.3, 0.4) is 0 Å². The number of rotatable bonds is 4. The normalized spacial score (nSPS) is 13.8. The molecule has 0 amide bonds. The van der Waals surface area contributed by atoms with E-state index in [1.165, 1.54) is 0 Å². The number of benzene rings is 1. The van der Waals surface area contributed by atoms with Crippen LogP contribution in [0.2, 0.25) is 0 Å². The fourth-order valence-corrected chi connectivity index (χ4v) is 1.48. The third-order valence-electron chi connectivity index (χ3n) is 2.45. The number of hydrogen-bond acceptors (Lipinski definition) is 2. The van der Waals surface area contributed by atoms with Crippen LogP contribution in [0.15, 0.2) is 30.3 Å². The van der Waals surface area contributed by atoms with Gasteiger partial charge in [0.15, 0.2) is 0 Å². The maximum absolute atomic E-state index is 13.0. The van der Waals surface area contributed by atoms with Crippen LogP contribution in [-0.2, 0) is 16.0 Å². The predicted octanol–water partition coefficient (Wildman–Crippen LogP) is 2.37. The van der Waals surface area contributed by atoms with Gasteiger partial charge in [0.05, 0.1) is 13.5 Å². The zero-order chi connectivity index (χ0) is 12.9. The van der Waals surface area contributed by atoms with Crippen LogP contribution in [0.25, 0.3) is 4.85 Å². The molecule has 0 saturated heterocycles. The van der Waals surface area contributed by atoms with Gasteiger partial charge in [-0.2, -0.15) is 0 Å². The Morgan fingerprint density at radius 1 is 1.47 bits per heavy atom. The van der Waals surface area contributed by atoms with Gasteiger partial charge in [-0.15, -0.1) is 0 Å². The molecule has 0 aliphatic rings. The molecule has 5 heteroatoms. The SMILES string of the molecule is C#[N+]C(Cc1ccccc1)(C(=O)OC)C(F)F. The Labute approximate surface area is 97.8 Å². The molecule has 0 aliphatic heterocycles. The third-order valence-corrected chi connectivity index (χ3v) is 2.45. The van der Waals surface area contributed by atoms with E-state index in [1.807, 2.05) is 0 Å². The van der Waals surface area contributed by atoms with E-state index >= 15 is 0 Å². The van der Waals surface area contributed by atoms with Crippen LogP contribution in [-0.4, -0.2) is 25.0 Å². The van der Waals surface area contributed by atoms with Crippen molar-refractivity contribution in [1.29, 1.82) is 0 Å². The van der Waals surface area contributed by atoms with Crippen molar-refractivity contribution in [3.63, 3.8) is 0 Å². The number of carbonyl (C=O) groups is 1.